The molecular formula is C17H20F2N6. The van der Waals surface area contributed by atoms with Crippen LogP contribution in [0.15, 0.2) is 41.7 Å². The van der Waals surface area contributed by atoms with E-state index in [1.165, 1.54) is 12.1 Å². The SMILES string of the molecule is NC(=NCCc1cc(F)cc(F)c1)N1CCN(c2ncccn2)CC1. The van der Waals surface area contributed by atoms with Gasteiger partial charge in [0.15, 0.2) is 5.96 Å². The van der Waals surface area contributed by atoms with Crippen molar-refractivity contribution in [2.75, 3.05) is 37.6 Å². The van der Waals surface area contributed by atoms with Crippen molar-refractivity contribution in [3.05, 3.63) is 53.9 Å². The summed E-state index contributed by atoms with van der Waals surface area (Å²) in [6.07, 6.45) is 3.88. The summed E-state index contributed by atoms with van der Waals surface area (Å²) >= 11 is 0. The maximum absolute atomic E-state index is 13.2. The van der Waals surface area contributed by atoms with E-state index >= 15 is 0 Å². The quantitative estimate of drug-likeness (QED) is 0.670. The summed E-state index contributed by atoms with van der Waals surface area (Å²) in [5, 5.41) is 0. The molecule has 1 fully saturated rings. The monoisotopic (exact) mass is 346 g/mol. The van der Waals surface area contributed by atoms with Gasteiger partial charge in [0.1, 0.15) is 11.6 Å². The van der Waals surface area contributed by atoms with Gasteiger partial charge in [0.25, 0.3) is 0 Å². The fraction of sp³-hybridized carbons (Fsp3) is 0.353. The molecule has 6 nitrogen and oxygen atoms in total. The number of rotatable bonds is 4. The van der Waals surface area contributed by atoms with Gasteiger partial charge in [-0.05, 0) is 30.2 Å². The van der Waals surface area contributed by atoms with Crippen molar-refractivity contribution in [3.8, 4) is 0 Å². The molecule has 2 heterocycles. The molecule has 0 spiro atoms. The maximum Gasteiger partial charge on any atom is 0.225 e. The third kappa shape index (κ3) is 4.62. The zero-order valence-corrected chi connectivity index (χ0v) is 13.8. The number of piperazine rings is 1. The lowest BCUT2D eigenvalue weighted by molar-refractivity contribution is 0.378. The third-order valence-corrected chi connectivity index (χ3v) is 4.04. The zero-order valence-electron chi connectivity index (χ0n) is 13.8. The van der Waals surface area contributed by atoms with Crippen LogP contribution in [-0.4, -0.2) is 53.6 Å². The summed E-state index contributed by atoms with van der Waals surface area (Å²) in [6, 6.07) is 5.27. The Balaban J connectivity index is 1.50. The number of hydrogen-bond acceptors (Lipinski definition) is 4. The molecule has 0 atom stereocenters. The van der Waals surface area contributed by atoms with Crippen LogP contribution in [-0.2, 0) is 6.42 Å². The number of hydrogen-bond donors (Lipinski definition) is 1. The Morgan fingerprint density at radius 3 is 2.32 bits per heavy atom. The number of aromatic nitrogens is 2. The number of aliphatic imine (C=N–C) groups is 1. The van der Waals surface area contributed by atoms with Crippen LogP contribution in [0.4, 0.5) is 14.7 Å². The number of nitrogens with two attached hydrogens (primary N) is 1. The molecule has 0 amide bonds. The van der Waals surface area contributed by atoms with Crippen molar-refractivity contribution in [1.29, 1.82) is 0 Å². The number of anilines is 1. The van der Waals surface area contributed by atoms with E-state index < -0.39 is 11.6 Å². The fourth-order valence-electron chi connectivity index (χ4n) is 2.74. The molecule has 1 aromatic carbocycles. The summed E-state index contributed by atoms with van der Waals surface area (Å²) in [7, 11) is 0. The smallest absolute Gasteiger partial charge is 0.225 e. The maximum atomic E-state index is 13.2. The van der Waals surface area contributed by atoms with E-state index in [0.717, 1.165) is 32.2 Å². The first-order valence-corrected chi connectivity index (χ1v) is 8.13. The molecule has 0 unspecified atom stereocenters. The van der Waals surface area contributed by atoms with Gasteiger partial charge >= 0.3 is 0 Å². The molecule has 1 aliphatic heterocycles. The van der Waals surface area contributed by atoms with Crippen molar-refractivity contribution in [1.82, 2.24) is 14.9 Å². The molecular weight excluding hydrogens is 326 g/mol. The van der Waals surface area contributed by atoms with E-state index in [9.17, 15) is 8.78 Å². The molecule has 25 heavy (non-hydrogen) atoms. The second-order valence-corrected chi connectivity index (χ2v) is 5.79. The van der Waals surface area contributed by atoms with Crippen molar-refractivity contribution in [3.63, 3.8) is 0 Å². The molecule has 3 rings (SSSR count). The largest absolute Gasteiger partial charge is 0.370 e. The lowest BCUT2D eigenvalue weighted by Crippen LogP contribution is -2.51. The van der Waals surface area contributed by atoms with E-state index in [1.54, 1.807) is 18.5 Å². The highest BCUT2D eigenvalue weighted by atomic mass is 19.1. The average Bonchev–Trinajstić information content (AvgIpc) is 2.62. The zero-order chi connectivity index (χ0) is 17.6. The van der Waals surface area contributed by atoms with Gasteiger partial charge in [-0.3, -0.25) is 4.99 Å². The van der Waals surface area contributed by atoms with Crippen molar-refractivity contribution >= 4 is 11.9 Å². The van der Waals surface area contributed by atoms with Crippen LogP contribution in [0.2, 0.25) is 0 Å². The number of nitrogens with zero attached hydrogens (tertiary/aromatic N) is 5. The van der Waals surface area contributed by atoms with Gasteiger partial charge in [-0.15, -0.1) is 0 Å². The number of guanidine groups is 1. The molecule has 0 aliphatic carbocycles. The van der Waals surface area contributed by atoms with Gasteiger partial charge < -0.3 is 15.5 Å². The highest BCUT2D eigenvalue weighted by Gasteiger charge is 2.19. The lowest BCUT2D eigenvalue weighted by Gasteiger charge is -2.35. The molecule has 1 saturated heterocycles. The average molecular weight is 346 g/mol. The second-order valence-electron chi connectivity index (χ2n) is 5.79. The topological polar surface area (TPSA) is 70.6 Å². The van der Waals surface area contributed by atoms with E-state index in [-0.39, 0.29) is 0 Å². The van der Waals surface area contributed by atoms with Crippen LogP contribution in [0.3, 0.4) is 0 Å². The van der Waals surface area contributed by atoms with Gasteiger partial charge in [0, 0.05) is 51.2 Å². The van der Waals surface area contributed by atoms with Gasteiger partial charge in [-0.25, -0.2) is 18.7 Å². The Morgan fingerprint density at radius 1 is 1.04 bits per heavy atom. The minimum Gasteiger partial charge on any atom is -0.370 e. The lowest BCUT2D eigenvalue weighted by atomic mass is 10.1. The highest BCUT2D eigenvalue weighted by Crippen LogP contribution is 2.10. The first kappa shape index (κ1) is 17.1. The summed E-state index contributed by atoms with van der Waals surface area (Å²) in [5.41, 5.74) is 6.60. The summed E-state index contributed by atoms with van der Waals surface area (Å²) in [5.74, 6) is 0.00806. The van der Waals surface area contributed by atoms with Crippen molar-refractivity contribution < 1.29 is 8.78 Å². The molecule has 0 radical (unpaired) electrons. The molecule has 0 bridgehead atoms. The fourth-order valence-corrected chi connectivity index (χ4v) is 2.74. The molecule has 2 N–H and O–H groups in total. The summed E-state index contributed by atoms with van der Waals surface area (Å²) < 4.78 is 26.3. The minimum atomic E-state index is -0.578. The van der Waals surface area contributed by atoms with Crippen molar-refractivity contribution in [2.45, 2.75) is 6.42 Å². The molecule has 132 valence electrons. The third-order valence-electron chi connectivity index (χ3n) is 4.04. The Kier molecular flexibility index (Phi) is 5.37. The molecule has 2 aromatic rings. The van der Waals surface area contributed by atoms with Crippen LogP contribution >= 0.6 is 0 Å². The first-order valence-electron chi connectivity index (χ1n) is 8.13. The molecule has 8 heteroatoms. The first-order chi connectivity index (χ1) is 12.1. The van der Waals surface area contributed by atoms with Crippen LogP contribution in [0.1, 0.15) is 5.56 Å². The van der Waals surface area contributed by atoms with E-state index in [1.807, 2.05) is 4.90 Å². The molecule has 0 saturated carbocycles. The van der Waals surface area contributed by atoms with E-state index in [4.69, 9.17) is 5.73 Å². The normalized spacial score (nSPS) is 15.5. The van der Waals surface area contributed by atoms with E-state index in [0.29, 0.717) is 30.4 Å². The van der Waals surface area contributed by atoms with Gasteiger partial charge in [0.05, 0.1) is 0 Å². The Labute approximate surface area is 145 Å². The second kappa shape index (κ2) is 7.87. The van der Waals surface area contributed by atoms with Crippen LogP contribution < -0.4 is 10.6 Å². The summed E-state index contributed by atoms with van der Waals surface area (Å²) in [6.45, 7) is 3.35. The van der Waals surface area contributed by atoms with Gasteiger partial charge in [-0.1, -0.05) is 0 Å². The van der Waals surface area contributed by atoms with E-state index in [2.05, 4.69) is 19.9 Å². The number of benzene rings is 1. The predicted molar refractivity (Wildman–Crippen MR) is 92.4 cm³/mol. The molecule has 1 aliphatic rings. The Morgan fingerprint density at radius 2 is 1.68 bits per heavy atom. The standard InChI is InChI=1S/C17H20F2N6/c18-14-10-13(11-15(19)12-14)2-5-21-16(20)24-6-8-25(9-7-24)17-22-3-1-4-23-17/h1,3-4,10-12H,2,5-9H2,(H2,20,21). The van der Waals surface area contributed by atoms with Crippen LogP contribution in [0.25, 0.3) is 0 Å². The Hall–Kier alpha value is -2.77. The Bertz CT molecular complexity index is 709. The van der Waals surface area contributed by atoms with Gasteiger partial charge in [0.2, 0.25) is 5.95 Å². The van der Waals surface area contributed by atoms with Gasteiger partial charge in [-0.2, -0.15) is 0 Å². The number of halogens is 2. The predicted octanol–water partition coefficient (Wildman–Crippen LogP) is 1.43. The molecule has 1 aromatic heterocycles. The van der Waals surface area contributed by atoms with Crippen LogP contribution in [0.5, 0.6) is 0 Å². The highest BCUT2D eigenvalue weighted by molar-refractivity contribution is 5.78. The van der Waals surface area contributed by atoms with Crippen molar-refractivity contribution in [2.24, 2.45) is 10.7 Å². The summed E-state index contributed by atoms with van der Waals surface area (Å²) in [4.78, 5) is 16.9. The van der Waals surface area contributed by atoms with Crippen LogP contribution in [0, 0.1) is 11.6 Å². The minimum absolute atomic E-state index is 0.386.